The van der Waals surface area contributed by atoms with Crippen molar-refractivity contribution < 1.29 is 34.6 Å². The summed E-state index contributed by atoms with van der Waals surface area (Å²) < 4.78 is 4.30. The maximum absolute atomic E-state index is 3.83. The fourth-order valence-electron chi connectivity index (χ4n) is 1.40. The van der Waals surface area contributed by atoms with Crippen LogP contribution in [0.1, 0.15) is 6.42 Å². The Hall–Kier alpha value is 0.311. The third kappa shape index (κ3) is 2.98. The number of allylic oxidation sites excluding steroid dienone is 6. The molecule has 0 saturated carbocycles. The molecule has 0 aromatic heterocycles. The quantitative estimate of drug-likeness (QED) is 0.678. The van der Waals surface area contributed by atoms with Gasteiger partial charge in [-0.25, -0.2) is 0 Å². The van der Waals surface area contributed by atoms with E-state index in [1.165, 1.54) is 10.6 Å². The van der Waals surface area contributed by atoms with Crippen LogP contribution in [0.5, 0.6) is 0 Å². The molecule has 0 bridgehead atoms. The van der Waals surface area contributed by atoms with E-state index in [2.05, 4.69) is 43.5 Å². The van der Waals surface area contributed by atoms with Crippen LogP contribution in [0.2, 0.25) is 4.14 Å². The Kier molecular flexibility index (Phi) is 5.08. The van der Waals surface area contributed by atoms with Crippen molar-refractivity contribution in [1.29, 1.82) is 0 Å². The van der Waals surface area contributed by atoms with Crippen LogP contribution < -0.4 is 0 Å². The zero-order valence-electron chi connectivity index (χ0n) is 7.42. The zero-order chi connectivity index (χ0) is 8.81. The molecule has 1 heteroatoms. The number of hydrogen-bond acceptors (Lipinski definition) is 0. The summed E-state index contributed by atoms with van der Waals surface area (Å²) in [5, 5.41) is 0. The van der Waals surface area contributed by atoms with Crippen LogP contribution in [0.4, 0.5) is 0 Å². The second kappa shape index (κ2) is 5.87. The molecule has 0 aromatic carbocycles. The van der Waals surface area contributed by atoms with Gasteiger partial charge >= 0.3 is 90.0 Å². The Morgan fingerprint density at radius 3 is 2.42 bits per heavy atom. The van der Waals surface area contributed by atoms with Gasteiger partial charge in [0.25, 0.3) is 0 Å². The van der Waals surface area contributed by atoms with Crippen molar-refractivity contribution in [3.63, 3.8) is 0 Å². The first-order chi connectivity index (χ1) is 5.88. The van der Waals surface area contributed by atoms with Gasteiger partial charge in [-0.15, -0.1) is 0 Å². The minimum atomic E-state index is -1.45. The Morgan fingerprint density at radius 2 is 2.00 bits per heavy atom. The number of hydrogen-bond donors (Lipinski definition) is 0. The van der Waals surface area contributed by atoms with Gasteiger partial charge < -0.3 is 0 Å². The van der Waals surface area contributed by atoms with Gasteiger partial charge in [0.1, 0.15) is 0 Å². The molecule has 63 valence electrons. The Bertz CT molecular complexity index is 213. The molecule has 0 nitrogen and oxygen atoms in total. The second-order valence-corrected chi connectivity index (χ2v) is 11.5. The van der Waals surface area contributed by atoms with Gasteiger partial charge in [0, 0.05) is 0 Å². The number of rotatable bonds is 5. The van der Waals surface area contributed by atoms with Crippen LogP contribution in [0.25, 0.3) is 0 Å². The van der Waals surface area contributed by atoms with Crippen LogP contribution in [0.15, 0.2) is 44.8 Å². The summed E-state index contributed by atoms with van der Waals surface area (Å²) in [4.78, 5) is 0. The maximum atomic E-state index is 3.83. The Balaban J connectivity index is 2.52. The summed E-state index contributed by atoms with van der Waals surface area (Å²) in [6, 6.07) is 0. The third-order valence-corrected chi connectivity index (χ3v) is 11.1. The first-order valence-electron chi connectivity index (χ1n) is 4.31. The molecule has 0 aliphatic heterocycles. The van der Waals surface area contributed by atoms with Crippen molar-refractivity contribution in [2.24, 2.45) is 0 Å². The van der Waals surface area contributed by atoms with E-state index in [1.807, 2.05) is 0 Å². The summed E-state index contributed by atoms with van der Waals surface area (Å²) in [5.74, 6) is 0. The van der Waals surface area contributed by atoms with Crippen LogP contribution in [0.3, 0.4) is 0 Å². The summed E-state index contributed by atoms with van der Waals surface area (Å²) >= 11 is -1.45. The van der Waals surface area contributed by atoms with E-state index in [0.29, 0.717) is 0 Å². The molecule has 0 atom stereocenters. The topological polar surface area (TPSA) is 0 Å². The molecule has 0 radical (unpaired) electrons. The van der Waals surface area contributed by atoms with E-state index < -0.39 is 34.6 Å². The standard InChI is InChI=1S/C5H5.2C3H5.Nd/c1-2-4-5-3-1;2*1-3-2;/h1-3H,4H2;2*3H,1-2H2;. The molecule has 0 amide bonds. The molecule has 0 spiro atoms. The molecule has 0 heterocycles. The van der Waals surface area contributed by atoms with Gasteiger partial charge in [-0.3, -0.25) is 0 Å². The van der Waals surface area contributed by atoms with Crippen molar-refractivity contribution in [3.8, 4) is 0 Å². The fourth-order valence-corrected chi connectivity index (χ4v) is 8.23. The monoisotopic (exact) mass is 289 g/mol. The first-order valence-corrected chi connectivity index (χ1v) is 10.4. The summed E-state index contributed by atoms with van der Waals surface area (Å²) in [6.45, 7) is 7.65. The van der Waals surface area contributed by atoms with Gasteiger partial charge in [-0.1, -0.05) is 0 Å². The van der Waals surface area contributed by atoms with E-state index >= 15 is 0 Å². The van der Waals surface area contributed by atoms with Crippen molar-refractivity contribution in [2.45, 2.75) is 10.6 Å². The minimum absolute atomic E-state index is 1.21. The van der Waals surface area contributed by atoms with Crippen LogP contribution in [0, 0.1) is 34.6 Å². The van der Waals surface area contributed by atoms with Gasteiger partial charge in [0.05, 0.1) is 0 Å². The fraction of sp³-hybridized carbons (Fsp3) is 0.273. The molecule has 12 heavy (non-hydrogen) atoms. The molecule has 0 N–H and O–H groups in total. The van der Waals surface area contributed by atoms with Crippen molar-refractivity contribution in [3.05, 3.63) is 44.8 Å². The molecule has 1 aliphatic carbocycles. The molecule has 0 fully saturated rings. The average Bonchev–Trinajstić information content (AvgIpc) is 2.56. The van der Waals surface area contributed by atoms with Crippen LogP contribution in [-0.4, -0.2) is 0 Å². The van der Waals surface area contributed by atoms with Gasteiger partial charge in [0.2, 0.25) is 0 Å². The second-order valence-electron chi connectivity index (χ2n) is 2.91. The normalized spacial score (nSPS) is 14.2. The summed E-state index contributed by atoms with van der Waals surface area (Å²) in [7, 11) is 0. The van der Waals surface area contributed by atoms with Crippen molar-refractivity contribution in [2.75, 3.05) is 0 Å². The summed E-state index contributed by atoms with van der Waals surface area (Å²) in [5.41, 5.74) is 0. The van der Waals surface area contributed by atoms with E-state index in [0.717, 1.165) is 0 Å². The van der Waals surface area contributed by atoms with E-state index in [9.17, 15) is 0 Å². The van der Waals surface area contributed by atoms with Crippen LogP contribution in [-0.2, 0) is 0 Å². The van der Waals surface area contributed by atoms with E-state index in [-0.39, 0.29) is 0 Å². The van der Waals surface area contributed by atoms with Gasteiger partial charge in [0.15, 0.2) is 0 Å². The van der Waals surface area contributed by atoms with Crippen LogP contribution >= 0.6 is 0 Å². The first kappa shape index (κ1) is 10.4. The predicted octanol–water partition coefficient (Wildman–Crippen LogP) is 3.66. The molecular formula is C11H15Nd. The van der Waals surface area contributed by atoms with E-state index in [4.69, 9.17) is 0 Å². The van der Waals surface area contributed by atoms with Gasteiger partial charge in [-0.2, -0.15) is 0 Å². The van der Waals surface area contributed by atoms with Gasteiger partial charge in [-0.05, 0) is 0 Å². The molecule has 0 saturated heterocycles. The van der Waals surface area contributed by atoms with Crippen molar-refractivity contribution >= 4 is 0 Å². The Morgan fingerprint density at radius 1 is 1.33 bits per heavy atom. The summed E-state index contributed by atoms with van der Waals surface area (Å²) in [6.07, 6.45) is 12.1. The third-order valence-electron chi connectivity index (χ3n) is 2.01. The molecule has 1 aliphatic rings. The SMILES string of the molecule is C=C[CH2][Nd]([CH2]C=C)[C]1=CC=CC1. The van der Waals surface area contributed by atoms with Crippen molar-refractivity contribution in [1.82, 2.24) is 0 Å². The Labute approximate surface area is 88.9 Å². The predicted molar refractivity (Wildman–Crippen MR) is 51.8 cm³/mol. The zero-order valence-corrected chi connectivity index (χ0v) is 10.6. The van der Waals surface area contributed by atoms with E-state index in [1.54, 1.807) is 1.22 Å². The molecular weight excluding hydrogens is 276 g/mol. The average molecular weight is 291 g/mol. The molecule has 1 rings (SSSR count). The molecule has 0 aromatic rings. The molecule has 0 unspecified atom stereocenters.